The fraction of sp³-hybridized carbons (Fsp3) is 0.500. The Morgan fingerprint density at radius 1 is 1.13 bits per heavy atom. The Morgan fingerprint density at radius 2 is 1.76 bits per heavy atom. The zero-order chi connectivity index (χ0) is 28.1. The van der Waals surface area contributed by atoms with Gasteiger partial charge in [0.1, 0.15) is 5.75 Å². The topological polar surface area (TPSA) is 87.7 Å². The van der Waals surface area contributed by atoms with Crippen LogP contribution < -0.4 is 14.8 Å². The number of amides is 1. The van der Waals surface area contributed by atoms with Crippen LogP contribution in [0.15, 0.2) is 42.5 Å². The molecule has 0 aromatic heterocycles. The van der Waals surface area contributed by atoms with Gasteiger partial charge in [-0.15, -0.1) is 13.2 Å². The zero-order valence-corrected chi connectivity index (χ0v) is 23.1. The smallest absolute Gasteiger partial charge is 0.406 e. The standard InChI is InChI=1S/C26H33ClF3N3O4S/c1-18-16-20(6-9-23(18)27)25(2,12-15-33-13-10-21(11-14-33)32-38(3,35)36)24(34)31-17-19-4-7-22(8-5-19)37-26(28,29)30/h4-9,16,21,32H,10-15,17H2,1-3H3,(H,31,34). The number of piperidine rings is 1. The molecule has 12 heteroatoms. The number of halogens is 4. The molecule has 2 N–H and O–H groups in total. The van der Waals surface area contributed by atoms with Gasteiger partial charge in [-0.05, 0) is 87.6 Å². The number of hydrogen-bond acceptors (Lipinski definition) is 5. The van der Waals surface area contributed by atoms with E-state index in [0.717, 1.165) is 17.4 Å². The number of hydrogen-bond donors (Lipinski definition) is 2. The normalized spacial score (nSPS) is 17.1. The number of ether oxygens (including phenoxy) is 1. The van der Waals surface area contributed by atoms with Gasteiger partial charge in [0.25, 0.3) is 0 Å². The number of nitrogens with zero attached hydrogens (tertiary/aromatic N) is 1. The molecule has 2 aromatic rings. The highest BCUT2D eigenvalue weighted by Crippen LogP contribution is 2.32. The highest BCUT2D eigenvalue weighted by atomic mass is 35.5. The number of alkyl halides is 3. The third-order valence-electron chi connectivity index (χ3n) is 6.80. The number of carbonyl (C=O) groups excluding carboxylic acids is 1. The summed E-state index contributed by atoms with van der Waals surface area (Å²) in [6, 6.07) is 10.8. The fourth-order valence-corrected chi connectivity index (χ4v) is 5.48. The van der Waals surface area contributed by atoms with Crippen molar-refractivity contribution in [1.29, 1.82) is 0 Å². The van der Waals surface area contributed by atoms with Crippen LogP contribution in [-0.2, 0) is 26.8 Å². The summed E-state index contributed by atoms with van der Waals surface area (Å²) in [4.78, 5) is 15.8. The van der Waals surface area contributed by atoms with Gasteiger partial charge < -0.3 is 15.0 Å². The van der Waals surface area contributed by atoms with Gasteiger partial charge in [-0.1, -0.05) is 35.9 Å². The molecule has 1 unspecified atom stereocenters. The summed E-state index contributed by atoms with van der Waals surface area (Å²) in [6.45, 7) is 5.90. The van der Waals surface area contributed by atoms with Crippen LogP contribution in [0.1, 0.15) is 42.9 Å². The summed E-state index contributed by atoms with van der Waals surface area (Å²) in [6.07, 6.45) is -1.74. The lowest BCUT2D eigenvalue weighted by Crippen LogP contribution is -2.47. The van der Waals surface area contributed by atoms with E-state index in [4.69, 9.17) is 11.6 Å². The molecule has 0 saturated carbocycles. The van der Waals surface area contributed by atoms with Crippen molar-refractivity contribution in [2.24, 2.45) is 0 Å². The third-order valence-corrected chi connectivity index (χ3v) is 7.99. The number of rotatable bonds is 10. The lowest BCUT2D eigenvalue weighted by Gasteiger charge is -2.35. The second-order valence-corrected chi connectivity index (χ2v) is 12.1. The van der Waals surface area contributed by atoms with Gasteiger partial charge >= 0.3 is 6.36 Å². The molecule has 1 aliphatic heterocycles. The van der Waals surface area contributed by atoms with E-state index in [1.54, 1.807) is 6.07 Å². The van der Waals surface area contributed by atoms with Crippen molar-refractivity contribution in [2.75, 3.05) is 25.9 Å². The Morgan fingerprint density at radius 3 is 2.32 bits per heavy atom. The molecule has 7 nitrogen and oxygen atoms in total. The van der Waals surface area contributed by atoms with Gasteiger partial charge in [-0.3, -0.25) is 4.79 Å². The summed E-state index contributed by atoms with van der Waals surface area (Å²) in [5.41, 5.74) is 1.37. The lowest BCUT2D eigenvalue weighted by molar-refractivity contribution is -0.274. The first kappa shape index (κ1) is 30.2. The first-order chi connectivity index (χ1) is 17.6. The van der Waals surface area contributed by atoms with Crippen molar-refractivity contribution in [3.63, 3.8) is 0 Å². The molecule has 0 radical (unpaired) electrons. The van der Waals surface area contributed by atoms with Crippen LogP contribution in [0.4, 0.5) is 13.2 Å². The van der Waals surface area contributed by atoms with Crippen LogP contribution in [0.25, 0.3) is 0 Å². The van der Waals surface area contributed by atoms with Crippen molar-refractivity contribution in [2.45, 2.75) is 57.5 Å². The van der Waals surface area contributed by atoms with Crippen molar-refractivity contribution in [1.82, 2.24) is 14.9 Å². The molecule has 1 saturated heterocycles. The molecule has 38 heavy (non-hydrogen) atoms. The Balaban J connectivity index is 1.68. The van der Waals surface area contributed by atoms with Crippen LogP contribution in [0, 0.1) is 6.92 Å². The van der Waals surface area contributed by atoms with Gasteiger partial charge in [0.05, 0.1) is 11.7 Å². The number of nitrogens with one attached hydrogen (secondary N) is 2. The average Bonchev–Trinajstić information content (AvgIpc) is 2.82. The highest BCUT2D eigenvalue weighted by Gasteiger charge is 2.36. The Bertz CT molecular complexity index is 1220. The summed E-state index contributed by atoms with van der Waals surface area (Å²) in [5, 5.41) is 3.53. The molecule has 3 rings (SSSR count). The van der Waals surface area contributed by atoms with Crippen molar-refractivity contribution >= 4 is 27.5 Å². The second-order valence-electron chi connectivity index (χ2n) is 9.93. The van der Waals surface area contributed by atoms with E-state index < -0.39 is 21.8 Å². The maximum Gasteiger partial charge on any atom is 0.573 e. The van der Waals surface area contributed by atoms with Crippen LogP contribution in [0.5, 0.6) is 5.75 Å². The van der Waals surface area contributed by atoms with Gasteiger partial charge in [-0.2, -0.15) is 0 Å². The minimum Gasteiger partial charge on any atom is -0.406 e. The largest absolute Gasteiger partial charge is 0.573 e. The predicted molar refractivity (Wildman–Crippen MR) is 141 cm³/mol. The predicted octanol–water partition coefficient (Wildman–Crippen LogP) is 4.52. The first-order valence-corrected chi connectivity index (χ1v) is 14.5. The third kappa shape index (κ3) is 8.86. The van der Waals surface area contributed by atoms with Gasteiger partial charge in [0.15, 0.2) is 0 Å². The second kappa shape index (κ2) is 12.2. The molecule has 0 aliphatic carbocycles. The summed E-state index contributed by atoms with van der Waals surface area (Å²) in [7, 11) is -3.26. The monoisotopic (exact) mass is 575 g/mol. The molecule has 1 atom stereocenters. The summed E-state index contributed by atoms with van der Waals surface area (Å²) >= 11 is 6.22. The highest BCUT2D eigenvalue weighted by molar-refractivity contribution is 7.88. The Kier molecular flexibility index (Phi) is 9.72. The summed E-state index contributed by atoms with van der Waals surface area (Å²) in [5.74, 6) is -0.548. The van der Waals surface area contributed by atoms with Crippen LogP contribution in [-0.4, -0.2) is 57.5 Å². The van der Waals surface area contributed by atoms with Crippen LogP contribution in [0.2, 0.25) is 5.02 Å². The molecule has 210 valence electrons. The maximum atomic E-state index is 13.6. The first-order valence-electron chi connectivity index (χ1n) is 12.2. The van der Waals surface area contributed by atoms with Crippen molar-refractivity contribution in [3.05, 3.63) is 64.2 Å². The SMILES string of the molecule is Cc1cc(C(C)(CCN2CCC(NS(C)(=O)=O)CC2)C(=O)NCc2ccc(OC(F)(F)F)cc2)ccc1Cl. The average molecular weight is 576 g/mol. The van der Waals surface area contributed by atoms with E-state index in [1.807, 2.05) is 26.0 Å². The Hall–Kier alpha value is -2.34. The molecule has 2 aromatic carbocycles. The van der Waals surface area contributed by atoms with Crippen molar-refractivity contribution in [3.8, 4) is 5.75 Å². The molecule has 0 bridgehead atoms. The molecule has 1 aliphatic rings. The molecular formula is C26H33ClF3N3O4S. The quantitative estimate of drug-likeness (QED) is 0.435. The van der Waals surface area contributed by atoms with E-state index in [9.17, 15) is 26.4 Å². The van der Waals surface area contributed by atoms with Crippen LogP contribution >= 0.6 is 11.6 Å². The van der Waals surface area contributed by atoms with E-state index in [2.05, 4.69) is 19.7 Å². The van der Waals surface area contributed by atoms with Crippen LogP contribution in [0.3, 0.4) is 0 Å². The van der Waals surface area contributed by atoms with Gasteiger partial charge in [-0.25, -0.2) is 13.1 Å². The molecule has 0 spiro atoms. The minimum atomic E-state index is -4.77. The van der Waals surface area contributed by atoms with Gasteiger partial charge in [0, 0.05) is 17.6 Å². The van der Waals surface area contributed by atoms with E-state index in [-0.39, 0.29) is 24.2 Å². The van der Waals surface area contributed by atoms with E-state index >= 15 is 0 Å². The van der Waals surface area contributed by atoms with E-state index in [1.165, 1.54) is 24.3 Å². The Labute approximate surface area is 226 Å². The molecular weight excluding hydrogens is 543 g/mol. The van der Waals surface area contributed by atoms with Crippen molar-refractivity contribution < 1.29 is 31.1 Å². The van der Waals surface area contributed by atoms with Gasteiger partial charge in [0.2, 0.25) is 15.9 Å². The number of benzene rings is 2. The number of likely N-dealkylation sites (tertiary alicyclic amines) is 1. The lowest BCUT2D eigenvalue weighted by atomic mass is 9.77. The summed E-state index contributed by atoms with van der Waals surface area (Å²) < 4.78 is 66.9. The number of carbonyl (C=O) groups is 1. The maximum absolute atomic E-state index is 13.6. The molecule has 1 heterocycles. The molecule has 1 amide bonds. The van der Waals surface area contributed by atoms with E-state index in [0.29, 0.717) is 49.5 Å². The fourth-order valence-electron chi connectivity index (χ4n) is 4.52. The zero-order valence-electron chi connectivity index (χ0n) is 21.6. The number of aryl methyl sites for hydroxylation is 1. The molecule has 1 fully saturated rings. The minimum absolute atomic E-state index is 0.0947. The number of sulfonamides is 1.